The van der Waals surface area contributed by atoms with Gasteiger partial charge in [0.25, 0.3) is 0 Å². The number of rotatable bonds is 4. The molecule has 0 aromatic heterocycles. The molecule has 0 aliphatic heterocycles. The van der Waals surface area contributed by atoms with E-state index < -0.39 is 0 Å². The largest absolute Gasteiger partial charge is 0.356 e. The lowest BCUT2D eigenvalue weighted by molar-refractivity contribution is -0.121. The molecule has 1 amide bonds. The molecule has 0 saturated heterocycles. The van der Waals surface area contributed by atoms with Crippen LogP contribution in [-0.4, -0.2) is 18.5 Å². The average molecular weight is 144 g/mol. The van der Waals surface area contributed by atoms with Gasteiger partial charge in [-0.1, -0.05) is 0 Å². The first-order chi connectivity index (χ1) is 4.66. The van der Waals surface area contributed by atoms with Crippen LogP contribution in [0.1, 0.15) is 26.7 Å². The van der Waals surface area contributed by atoms with Gasteiger partial charge in [-0.3, -0.25) is 4.79 Å². The Morgan fingerprint density at radius 3 is 2.70 bits per heavy atom. The monoisotopic (exact) mass is 144 g/mol. The number of carbonyl (C=O) groups excluding carboxylic acids is 1. The first-order valence-electron chi connectivity index (χ1n) is 3.69. The quantitative estimate of drug-likeness (QED) is 0.594. The van der Waals surface area contributed by atoms with Gasteiger partial charge in [0, 0.05) is 19.0 Å². The van der Waals surface area contributed by atoms with Crippen LogP contribution in [0.2, 0.25) is 0 Å². The zero-order valence-electron chi connectivity index (χ0n) is 6.68. The van der Waals surface area contributed by atoms with E-state index in [1.165, 1.54) is 0 Å². The first kappa shape index (κ1) is 9.43. The Bertz CT molecular complexity index is 102. The molecule has 0 heterocycles. The molecule has 0 saturated carbocycles. The van der Waals surface area contributed by atoms with E-state index in [1.54, 1.807) is 0 Å². The van der Waals surface area contributed by atoms with Crippen molar-refractivity contribution in [3.8, 4) is 0 Å². The second-order valence-electron chi connectivity index (χ2n) is 2.47. The highest BCUT2D eigenvalue weighted by Gasteiger charge is 2.00. The van der Waals surface area contributed by atoms with Gasteiger partial charge in [0.1, 0.15) is 0 Å². The molecule has 0 bridgehead atoms. The molecular formula is C7H16N2O. The van der Waals surface area contributed by atoms with E-state index >= 15 is 0 Å². The van der Waals surface area contributed by atoms with Crippen molar-refractivity contribution in [1.82, 2.24) is 5.32 Å². The molecule has 1 unspecified atom stereocenters. The summed E-state index contributed by atoms with van der Waals surface area (Å²) >= 11 is 0. The number of hydrogen-bond acceptors (Lipinski definition) is 2. The van der Waals surface area contributed by atoms with E-state index in [4.69, 9.17) is 5.73 Å². The molecule has 0 aromatic carbocycles. The molecular weight excluding hydrogens is 128 g/mol. The molecule has 0 aromatic rings. The van der Waals surface area contributed by atoms with Crippen molar-refractivity contribution in [2.75, 3.05) is 6.54 Å². The molecule has 1 atom stereocenters. The van der Waals surface area contributed by atoms with Crippen LogP contribution in [0.3, 0.4) is 0 Å². The highest BCUT2D eigenvalue weighted by molar-refractivity contribution is 5.75. The van der Waals surface area contributed by atoms with Gasteiger partial charge in [-0.15, -0.1) is 0 Å². The standard InChI is InChI=1S/C7H16N2O/c1-3-9-7(10)5-4-6(2)8/h6H,3-5,8H2,1-2H3,(H,9,10). The molecule has 0 aliphatic carbocycles. The lowest BCUT2D eigenvalue weighted by Crippen LogP contribution is -2.25. The van der Waals surface area contributed by atoms with Crippen LogP contribution in [0.4, 0.5) is 0 Å². The maximum absolute atomic E-state index is 10.8. The van der Waals surface area contributed by atoms with Crippen LogP contribution in [0.25, 0.3) is 0 Å². The van der Waals surface area contributed by atoms with E-state index in [0.717, 1.165) is 6.42 Å². The van der Waals surface area contributed by atoms with Gasteiger partial charge in [0.05, 0.1) is 0 Å². The van der Waals surface area contributed by atoms with Crippen molar-refractivity contribution in [3.05, 3.63) is 0 Å². The fourth-order valence-electron chi connectivity index (χ4n) is 0.644. The predicted octanol–water partition coefficient (Wildman–Crippen LogP) is 0.250. The Labute approximate surface area is 62.0 Å². The van der Waals surface area contributed by atoms with Crippen molar-refractivity contribution < 1.29 is 4.79 Å². The number of nitrogens with one attached hydrogen (secondary N) is 1. The molecule has 3 N–H and O–H groups in total. The fourth-order valence-corrected chi connectivity index (χ4v) is 0.644. The van der Waals surface area contributed by atoms with Crippen molar-refractivity contribution >= 4 is 5.91 Å². The summed E-state index contributed by atoms with van der Waals surface area (Å²) in [6, 6.07) is 0.127. The van der Waals surface area contributed by atoms with Crippen molar-refractivity contribution in [2.45, 2.75) is 32.7 Å². The zero-order valence-corrected chi connectivity index (χ0v) is 6.68. The predicted molar refractivity (Wildman–Crippen MR) is 41.6 cm³/mol. The summed E-state index contributed by atoms with van der Waals surface area (Å²) in [4.78, 5) is 10.8. The summed E-state index contributed by atoms with van der Waals surface area (Å²) in [5, 5.41) is 2.71. The Hall–Kier alpha value is -0.570. The maximum Gasteiger partial charge on any atom is 0.220 e. The summed E-state index contributed by atoms with van der Waals surface area (Å²) in [7, 11) is 0. The summed E-state index contributed by atoms with van der Waals surface area (Å²) in [6.45, 7) is 4.51. The van der Waals surface area contributed by atoms with E-state index in [0.29, 0.717) is 13.0 Å². The van der Waals surface area contributed by atoms with E-state index in [-0.39, 0.29) is 11.9 Å². The summed E-state index contributed by atoms with van der Waals surface area (Å²) < 4.78 is 0. The van der Waals surface area contributed by atoms with Crippen LogP contribution in [0.15, 0.2) is 0 Å². The van der Waals surface area contributed by atoms with E-state index in [1.807, 2.05) is 13.8 Å². The van der Waals surface area contributed by atoms with Gasteiger partial charge in [-0.05, 0) is 20.3 Å². The number of carbonyl (C=O) groups is 1. The normalized spacial score (nSPS) is 12.7. The van der Waals surface area contributed by atoms with Crippen molar-refractivity contribution in [1.29, 1.82) is 0 Å². The molecule has 3 heteroatoms. The Morgan fingerprint density at radius 1 is 1.70 bits per heavy atom. The second-order valence-corrected chi connectivity index (χ2v) is 2.47. The van der Waals surface area contributed by atoms with Crippen LogP contribution >= 0.6 is 0 Å². The lowest BCUT2D eigenvalue weighted by atomic mass is 10.2. The van der Waals surface area contributed by atoms with Gasteiger partial charge in [0.15, 0.2) is 0 Å². The molecule has 0 spiro atoms. The molecule has 10 heavy (non-hydrogen) atoms. The Balaban J connectivity index is 3.22. The SMILES string of the molecule is CCNC(=O)CCC(C)N. The second kappa shape index (κ2) is 5.23. The average Bonchev–Trinajstić information content (AvgIpc) is 1.85. The Kier molecular flexibility index (Phi) is 4.94. The topological polar surface area (TPSA) is 55.1 Å². The van der Waals surface area contributed by atoms with Gasteiger partial charge in [0.2, 0.25) is 5.91 Å². The van der Waals surface area contributed by atoms with Gasteiger partial charge in [-0.2, -0.15) is 0 Å². The fraction of sp³-hybridized carbons (Fsp3) is 0.857. The number of hydrogen-bond donors (Lipinski definition) is 2. The molecule has 0 rings (SSSR count). The third-order valence-corrected chi connectivity index (χ3v) is 1.20. The highest BCUT2D eigenvalue weighted by Crippen LogP contribution is 1.91. The molecule has 0 fully saturated rings. The minimum Gasteiger partial charge on any atom is -0.356 e. The van der Waals surface area contributed by atoms with Crippen LogP contribution in [0.5, 0.6) is 0 Å². The third-order valence-electron chi connectivity index (χ3n) is 1.20. The van der Waals surface area contributed by atoms with Crippen molar-refractivity contribution in [2.24, 2.45) is 5.73 Å². The van der Waals surface area contributed by atoms with Crippen LogP contribution in [0, 0.1) is 0 Å². The first-order valence-corrected chi connectivity index (χ1v) is 3.69. The summed E-state index contributed by atoms with van der Waals surface area (Å²) in [5.74, 6) is 0.0970. The zero-order chi connectivity index (χ0) is 7.98. The maximum atomic E-state index is 10.8. The van der Waals surface area contributed by atoms with Gasteiger partial charge < -0.3 is 11.1 Å². The third kappa shape index (κ3) is 5.56. The van der Waals surface area contributed by atoms with Gasteiger partial charge in [-0.25, -0.2) is 0 Å². The lowest BCUT2D eigenvalue weighted by Gasteiger charge is -2.03. The highest BCUT2D eigenvalue weighted by atomic mass is 16.1. The number of nitrogens with two attached hydrogens (primary N) is 1. The van der Waals surface area contributed by atoms with E-state index in [9.17, 15) is 4.79 Å². The minimum atomic E-state index is 0.0970. The van der Waals surface area contributed by atoms with Crippen LogP contribution < -0.4 is 11.1 Å². The number of amides is 1. The van der Waals surface area contributed by atoms with Crippen LogP contribution in [-0.2, 0) is 4.79 Å². The van der Waals surface area contributed by atoms with Crippen molar-refractivity contribution in [3.63, 3.8) is 0 Å². The Morgan fingerprint density at radius 2 is 2.30 bits per heavy atom. The molecule has 0 aliphatic rings. The smallest absolute Gasteiger partial charge is 0.220 e. The molecule has 60 valence electrons. The molecule has 0 radical (unpaired) electrons. The van der Waals surface area contributed by atoms with Gasteiger partial charge >= 0.3 is 0 Å². The summed E-state index contributed by atoms with van der Waals surface area (Å²) in [6.07, 6.45) is 1.32. The summed E-state index contributed by atoms with van der Waals surface area (Å²) in [5.41, 5.74) is 5.46. The minimum absolute atomic E-state index is 0.0970. The molecule has 3 nitrogen and oxygen atoms in total. The van der Waals surface area contributed by atoms with E-state index in [2.05, 4.69) is 5.32 Å².